The molecule has 0 fully saturated rings. The molecule has 0 saturated carbocycles. The molecule has 0 heterocycles. The summed E-state index contributed by atoms with van der Waals surface area (Å²) in [6, 6.07) is 10.7. The molecule has 5 nitrogen and oxygen atoms in total. The molecule has 130 valence electrons. The van der Waals surface area contributed by atoms with Crippen molar-refractivity contribution in [3.63, 3.8) is 0 Å². The first-order valence-corrected chi connectivity index (χ1v) is 8.19. The van der Waals surface area contributed by atoms with E-state index in [1.165, 1.54) is 0 Å². The summed E-state index contributed by atoms with van der Waals surface area (Å²) in [6.07, 6.45) is -1.32. The molecular weight excluding hydrogens is 376 g/mol. The molecule has 0 aliphatic rings. The Morgan fingerprint density at radius 3 is 2.04 bits per heavy atom. The number of ether oxygens (including phenoxy) is 4. The largest absolute Gasteiger partial charge is 0.493 e. The van der Waals surface area contributed by atoms with Crippen LogP contribution in [0, 0.1) is 0 Å². The van der Waals surface area contributed by atoms with Crippen molar-refractivity contribution < 1.29 is 24.1 Å². The highest BCUT2D eigenvalue weighted by Gasteiger charge is 2.21. The highest BCUT2D eigenvalue weighted by atomic mass is 79.9. The van der Waals surface area contributed by atoms with E-state index in [0.717, 1.165) is 4.47 Å². The molecule has 0 unspecified atom stereocenters. The Kier molecular flexibility index (Phi) is 6.34. The third-order valence-electron chi connectivity index (χ3n) is 3.63. The molecule has 2 aromatic rings. The summed E-state index contributed by atoms with van der Waals surface area (Å²) >= 11 is 3.39. The molecule has 0 aliphatic carbocycles. The van der Waals surface area contributed by atoms with Crippen LogP contribution in [0.25, 0.3) is 0 Å². The van der Waals surface area contributed by atoms with Crippen LogP contribution in [0.1, 0.15) is 18.6 Å². The molecule has 0 saturated heterocycles. The van der Waals surface area contributed by atoms with Crippen molar-refractivity contribution in [2.45, 2.75) is 19.1 Å². The van der Waals surface area contributed by atoms with Crippen LogP contribution in [0.15, 0.2) is 40.9 Å². The molecule has 2 atom stereocenters. The van der Waals surface area contributed by atoms with Crippen molar-refractivity contribution >= 4 is 15.9 Å². The predicted octanol–water partition coefficient (Wildman–Crippen LogP) is 3.98. The van der Waals surface area contributed by atoms with E-state index in [-0.39, 0.29) is 0 Å². The summed E-state index contributed by atoms with van der Waals surface area (Å²) < 4.78 is 22.5. The van der Waals surface area contributed by atoms with Crippen molar-refractivity contribution in [2.24, 2.45) is 0 Å². The summed E-state index contributed by atoms with van der Waals surface area (Å²) in [7, 11) is 4.70. The van der Waals surface area contributed by atoms with Crippen LogP contribution in [-0.4, -0.2) is 32.5 Å². The fourth-order valence-electron chi connectivity index (χ4n) is 2.31. The van der Waals surface area contributed by atoms with Crippen LogP contribution < -0.4 is 18.9 Å². The first-order chi connectivity index (χ1) is 11.5. The Bertz CT molecular complexity index is 689. The van der Waals surface area contributed by atoms with E-state index in [2.05, 4.69) is 15.9 Å². The highest BCUT2D eigenvalue weighted by molar-refractivity contribution is 9.10. The first-order valence-electron chi connectivity index (χ1n) is 7.40. The normalized spacial score (nSPS) is 13.1. The molecule has 0 bridgehead atoms. The van der Waals surface area contributed by atoms with Gasteiger partial charge in [-0.15, -0.1) is 0 Å². The third-order valence-corrected chi connectivity index (χ3v) is 4.13. The van der Waals surface area contributed by atoms with Gasteiger partial charge in [0.2, 0.25) is 0 Å². The Hall–Kier alpha value is -1.92. The molecule has 6 heteroatoms. The first kappa shape index (κ1) is 18.4. The topological polar surface area (TPSA) is 57.2 Å². The third kappa shape index (κ3) is 4.13. The number of hydrogen-bond acceptors (Lipinski definition) is 5. The van der Waals surface area contributed by atoms with Gasteiger partial charge in [-0.05, 0) is 42.8 Å². The molecule has 0 amide bonds. The number of methoxy groups -OCH3 is 3. The molecule has 0 aromatic heterocycles. The Balaban J connectivity index is 2.19. The zero-order valence-corrected chi connectivity index (χ0v) is 15.7. The SMILES string of the molecule is COc1ccc([C@@H](O)[C@@H](C)Oc2ccc(Br)cc2OC)cc1OC. The summed E-state index contributed by atoms with van der Waals surface area (Å²) in [5.41, 5.74) is 0.677. The van der Waals surface area contributed by atoms with Gasteiger partial charge in [-0.25, -0.2) is 0 Å². The predicted molar refractivity (Wildman–Crippen MR) is 95.3 cm³/mol. The fourth-order valence-corrected chi connectivity index (χ4v) is 2.65. The van der Waals surface area contributed by atoms with E-state index in [1.54, 1.807) is 52.5 Å². The smallest absolute Gasteiger partial charge is 0.161 e. The molecule has 2 rings (SSSR count). The Morgan fingerprint density at radius 2 is 1.42 bits per heavy atom. The van der Waals surface area contributed by atoms with Gasteiger partial charge in [-0.1, -0.05) is 22.0 Å². The van der Waals surface area contributed by atoms with Crippen molar-refractivity contribution in [2.75, 3.05) is 21.3 Å². The van der Waals surface area contributed by atoms with Gasteiger partial charge in [0, 0.05) is 4.47 Å². The van der Waals surface area contributed by atoms with E-state index in [1.807, 2.05) is 12.1 Å². The van der Waals surface area contributed by atoms with E-state index >= 15 is 0 Å². The van der Waals surface area contributed by atoms with Crippen LogP contribution in [-0.2, 0) is 0 Å². The van der Waals surface area contributed by atoms with E-state index < -0.39 is 12.2 Å². The van der Waals surface area contributed by atoms with Crippen LogP contribution in [0.3, 0.4) is 0 Å². The molecule has 0 spiro atoms. The lowest BCUT2D eigenvalue weighted by atomic mass is 10.0. The quantitative estimate of drug-likeness (QED) is 0.766. The summed E-state index contributed by atoms with van der Waals surface area (Å²) in [4.78, 5) is 0. The van der Waals surface area contributed by atoms with Gasteiger partial charge < -0.3 is 24.1 Å². The lowest BCUT2D eigenvalue weighted by molar-refractivity contribution is 0.0450. The minimum atomic E-state index is -0.835. The van der Waals surface area contributed by atoms with Crippen molar-refractivity contribution in [3.8, 4) is 23.0 Å². The molecular formula is C18H21BrO5. The average molecular weight is 397 g/mol. The van der Waals surface area contributed by atoms with Crippen molar-refractivity contribution in [1.29, 1.82) is 0 Å². The maximum absolute atomic E-state index is 10.6. The number of aliphatic hydroxyl groups excluding tert-OH is 1. The second-order valence-electron chi connectivity index (χ2n) is 5.18. The van der Waals surface area contributed by atoms with E-state index in [4.69, 9.17) is 18.9 Å². The molecule has 0 aliphatic heterocycles. The Labute approximate surface area is 150 Å². The van der Waals surface area contributed by atoms with E-state index in [0.29, 0.717) is 28.6 Å². The molecule has 24 heavy (non-hydrogen) atoms. The van der Waals surface area contributed by atoms with E-state index in [9.17, 15) is 5.11 Å². The molecule has 1 N–H and O–H groups in total. The Morgan fingerprint density at radius 1 is 0.833 bits per heavy atom. The molecule has 2 aromatic carbocycles. The summed E-state index contributed by atoms with van der Waals surface area (Å²) in [6.45, 7) is 1.79. The maximum Gasteiger partial charge on any atom is 0.161 e. The zero-order valence-electron chi connectivity index (χ0n) is 14.1. The van der Waals surface area contributed by atoms with Gasteiger partial charge in [-0.3, -0.25) is 0 Å². The van der Waals surface area contributed by atoms with Gasteiger partial charge in [-0.2, -0.15) is 0 Å². The average Bonchev–Trinajstić information content (AvgIpc) is 2.61. The lowest BCUT2D eigenvalue weighted by Gasteiger charge is -2.22. The van der Waals surface area contributed by atoms with Gasteiger partial charge in [0.15, 0.2) is 23.0 Å². The highest BCUT2D eigenvalue weighted by Crippen LogP contribution is 2.34. The van der Waals surface area contributed by atoms with Gasteiger partial charge in [0.05, 0.1) is 21.3 Å². The number of hydrogen-bond donors (Lipinski definition) is 1. The minimum Gasteiger partial charge on any atom is -0.493 e. The number of halogens is 1. The van der Waals surface area contributed by atoms with Crippen LogP contribution in [0.5, 0.6) is 23.0 Å². The van der Waals surface area contributed by atoms with Gasteiger partial charge in [0.1, 0.15) is 12.2 Å². The standard InChI is InChI=1S/C18H21BrO5/c1-11(24-15-8-6-13(19)10-17(15)23-4)18(20)12-5-7-14(21-2)16(9-12)22-3/h5-11,18,20H,1-4H3/t11-,18+/m1/s1. The maximum atomic E-state index is 10.6. The summed E-state index contributed by atoms with van der Waals surface area (Å²) in [5, 5.41) is 10.6. The monoisotopic (exact) mass is 396 g/mol. The second-order valence-corrected chi connectivity index (χ2v) is 6.09. The van der Waals surface area contributed by atoms with Gasteiger partial charge in [0.25, 0.3) is 0 Å². The zero-order chi connectivity index (χ0) is 17.7. The number of rotatable bonds is 7. The lowest BCUT2D eigenvalue weighted by Crippen LogP contribution is -2.22. The minimum absolute atomic E-state index is 0.488. The molecule has 0 radical (unpaired) electrons. The second kappa shape index (κ2) is 8.26. The number of benzene rings is 2. The van der Waals surface area contributed by atoms with Crippen molar-refractivity contribution in [1.82, 2.24) is 0 Å². The van der Waals surface area contributed by atoms with Crippen molar-refractivity contribution in [3.05, 3.63) is 46.4 Å². The fraction of sp³-hybridized carbons (Fsp3) is 0.333. The van der Waals surface area contributed by atoms with Crippen LogP contribution >= 0.6 is 15.9 Å². The summed E-state index contributed by atoms with van der Waals surface area (Å²) in [5.74, 6) is 2.32. The number of aliphatic hydroxyl groups is 1. The van der Waals surface area contributed by atoms with Crippen LogP contribution in [0.4, 0.5) is 0 Å². The van der Waals surface area contributed by atoms with Crippen LogP contribution in [0.2, 0.25) is 0 Å². The van der Waals surface area contributed by atoms with Gasteiger partial charge >= 0.3 is 0 Å².